The van der Waals surface area contributed by atoms with E-state index in [0.29, 0.717) is 12.1 Å². The molecule has 4 atom stereocenters. The second-order valence-corrected chi connectivity index (χ2v) is 6.25. The fraction of sp³-hybridized carbons (Fsp3) is 1.00. The maximum Gasteiger partial charge on any atom is 0.0611 e. The van der Waals surface area contributed by atoms with Crippen molar-refractivity contribution >= 4 is 0 Å². The largest absolute Gasteiger partial charge is 0.394 e. The van der Waals surface area contributed by atoms with Gasteiger partial charge in [0.15, 0.2) is 0 Å². The molecule has 0 spiro atoms. The number of likely N-dealkylation sites (N-methyl/N-ethyl adjacent to an activating group) is 1. The van der Waals surface area contributed by atoms with Crippen molar-refractivity contribution in [2.45, 2.75) is 64.6 Å². The second-order valence-electron chi connectivity index (χ2n) is 6.25. The number of aliphatic hydroxyl groups excluding tert-OH is 1. The lowest BCUT2D eigenvalue weighted by molar-refractivity contribution is 0.0555. The van der Waals surface area contributed by atoms with Gasteiger partial charge in [0.2, 0.25) is 0 Å². The Labute approximate surface area is 107 Å². The van der Waals surface area contributed by atoms with Crippen LogP contribution < -0.4 is 5.32 Å². The summed E-state index contributed by atoms with van der Waals surface area (Å²) in [5, 5.41) is 12.7. The van der Waals surface area contributed by atoms with Crippen molar-refractivity contribution in [1.29, 1.82) is 0 Å². The van der Waals surface area contributed by atoms with Gasteiger partial charge in [-0.05, 0) is 53.0 Å². The highest BCUT2D eigenvalue weighted by Crippen LogP contribution is 2.26. The van der Waals surface area contributed by atoms with Gasteiger partial charge >= 0.3 is 0 Å². The fourth-order valence-electron chi connectivity index (χ4n) is 2.95. The van der Waals surface area contributed by atoms with E-state index in [-0.39, 0.29) is 12.1 Å². The van der Waals surface area contributed by atoms with Crippen molar-refractivity contribution in [2.75, 3.05) is 20.2 Å². The normalized spacial score (nSPS) is 32.1. The average molecular weight is 242 g/mol. The van der Waals surface area contributed by atoms with Crippen LogP contribution in [0.2, 0.25) is 0 Å². The molecule has 0 aromatic carbocycles. The summed E-state index contributed by atoms with van der Waals surface area (Å²) in [7, 11) is 1.94. The van der Waals surface area contributed by atoms with Crippen molar-refractivity contribution in [3.63, 3.8) is 0 Å². The highest BCUT2D eigenvalue weighted by Gasteiger charge is 2.31. The first-order valence-electron chi connectivity index (χ1n) is 6.97. The molecule has 1 aliphatic rings. The molecule has 1 aliphatic heterocycles. The molecular formula is C14H30N2O. The van der Waals surface area contributed by atoms with Gasteiger partial charge in [0.25, 0.3) is 0 Å². The predicted octanol–water partition coefficient (Wildman–Crippen LogP) is 1.86. The third-order valence-corrected chi connectivity index (χ3v) is 4.43. The van der Waals surface area contributed by atoms with Crippen LogP contribution in [0.5, 0.6) is 0 Å². The Morgan fingerprint density at radius 1 is 1.41 bits per heavy atom. The number of hydrogen-bond acceptors (Lipinski definition) is 3. The SMILES string of the molecule is CNC(C)(CO)CC(C)N1CC(C)CCC1C. The molecule has 0 aliphatic carbocycles. The monoisotopic (exact) mass is 242 g/mol. The van der Waals surface area contributed by atoms with E-state index in [9.17, 15) is 5.11 Å². The molecule has 1 fully saturated rings. The van der Waals surface area contributed by atoms with E-state index in [1.54, 1.807) is 0 Å². The van der Waals surface area contributed by atoms with Crippen LogP contribution in [0.3, 0.4) is 0 Å². The molecule has 1 heterocycles. The Morgan fingerprint density at radius 3 is 2.59 bits per heavy atom. The van der Waals surface area contributed by atoms with E-state index in [1.165, 1.54) is 19.4 Å². The molecule has 0 aromatic heterocycles. The Bertz CT molecular complexity index is 228. The van der Waals surface area contributed by atoms with Gasteiger partial charge in [-0.25, -0.2) is 0 Å². The summed E-state index contributed by atoms with van der Waals surface area (Å²) in [6, 6.07) is 1.21. The first kappa shape index (κ1) is 14.9. The Morgan fingerprint density at radius 2 is 2.06 bits per heavy atom. The fourth-order valence-corrected chi connectivity index (χ4v) is 2.95. The maximum atomic E-state index is 9.47. The van der Waals surface area contributed by atoms with Crippen molar-refractivity contribution in [1.82, 2.24) is 10.2 Å². The molecule has 2 N–H and O–H groups in total. The van der Waals surface area contributed by atoms with Crippen LogP contribution in [0.25, 0.3) is 0 Å². The van der Waals surface area contributed by atoms with Gasteiger partial charge in [0.05, 0.1) is 6.61 Å². The van der Waals surface area contributed by atoms with Crippen LogP contribution in [0.15, 0.2) is 0 Å². The van der Waals surface area contributed by atoms with E-state index in [1.807, 2.05) is 7.05 Å². The van der Waals surface area contributed by atoms with E-state index >= 15 is 0 Å². The Balaban J connectivity index is 2.58. The van der Waals surface area contributed by atoms with E-state index in [0.717, 1.165) is 12.3 Å². The highest BCUT2D eigenvalue weighted by atomic mass is 16.3. The molecule has 3 heteroatoms. The first-order valence-corrected chi connectivity index (χ1v) is 6.97. The van der Waals surface area contributed by atoms with Gasteiger partial charge < -0.3 is 10.4 Å². The van der Waals surface area contributed by atoms with Gasteiger partial charge in [-0.1, -0.05) is 6.92 Å². The molecule has 0 radical (unpaired) electrons. The summed E-state index contributed by atoms with van der Waals surface area (Å²) in [5.74, 6) is 0.809. The second kappa shape index (κ2) is 6.17. The van der Waals surface area contributed by atoms with Crippen molar-refractivity contribution in [3.8, 4) is 0 Å². The van der Waals surface area contributed by atoms with Crippen LogP contribution in [-0.2, 0) is 0 Å². The molecule has 1 rings (SSSR count). The van der Waals surface area contributed by atoms with Crippen molar-refractivity contribution in [2.24, 2.45) is 5.92 Å². The minimum Gasteiger partial charge on any atom is -0.394 e. The zero-order valence-corrected chi connectivity index (χ0v) is 12.2. The van der Waals surface area contributed by atoms with Crippen LogP contribution in [0.1, 0.15) is 47.0 Å². The summed E-state index contributed by atoms with van der Waals surface area (Å²) in [4.78, 5) is 2.61. The van der Waals surface area contributed by atoms with E-state index in [2.05, 4.69) is 37.9 Å². The van der Waals surface area contributed by atoms with Gasteiger partial charge in [-0.3, -0.25) is 4.90 Å². The van der Waals surface area contributed by atoms with Crippen LogP contribution in [-0.4, -0.2) is 47.8 Å². The molecule has 17 heavy (non-hydrogen) atoms. The Kier molecular flexibility index (Phi) is 5.42. The molecule has 0 amide bonds. The number of aliphatic hydroxyl groups is 1. The summed E-state index contributed by atoms with van der Waals surface area (Å²) in [6.07, 6.45) is 3.66. The minimum absolute atomic E-state index is 0.153. The quantitative estimate of drug-likeness (QED) is 0.772. The summed E-state index contributed by atoms with van der Waals surface area (Å²) in [6.45, 7) is 10.5. The number of hydrogen-bond donors (Lipinski definition) is 2. The zero-order chi connectivity index (χ0) is 13.1. The van der Waals surface area contributed by atoms with Gasteiger partial charge in [0, 0.05) is 24.2 Å². The van der Waals surface area contributed by atoms with Crippen LogP contribution in [0.4, 0.5) is 0 Å². The number of likely N-dealkylation sites (tertiary alicyclic amines) is 1. The predicted molar refractivity (Wildman–Crippen MR) is 73.2 cm³/mol. The summed E-state index contributed by atoms with van der Waals surface area (Å²) >= 11 is 0. The molecule has 1 saturated heterocycles. The van der Waals surface area contributed by atoms with Crippen molar-refractivity contribution < 1.29 is 5.11 Å². The smallest absolute Gasteiger partial charge is 0.0611 e. The average Bonchev–Trinajstić information content (AvgIpc) is 2.32. The zero-order valence-electron chi connectivity index (χ0n) is 12.2. The Hall–Kier alpha value is -0.120. The van der Waals surface area contributed by atoms with Gasteiger partial charge in [-0.2, -0.15) is 0 Å². The lowest BCUT2D eigenvalue weighted by Gasteiger charge is -2.43. The molecular weight excluding hydrogens is 212 g/mol. The van der Waals surface area contributed by atoms with Crippen molar-refractivity contribution in [3.05, 3.63) is 0 Å². The topological polar surface area (TPSA) is 35.5 Å². The van der Waals surface area contributed by atoms with Crippen LogP contribution in [0, 0.1) is 5.92 Å². The minimum atomic E-state index is -0.153. The lowest BCUT2D eigenvalue weighted by Crippen LogP contribution is -2.52. The van der Waals surface area contributed by atoms with E-state index < -0.39 is 0 Å². The third kappa shape index (κ3) is 3.94. The molecule has 0 saturated carbocycles. The first-order chi connectivity index (χ1) is 7.91. The standard InChI is InChI=1S/C14H30N2O/c1-11-6-7-12(2)16(9-11)13(3)8-14(4,10-17)15-5/h11-13,15,17H,6-10H2,1-5H3. The van der Waals surface area contributed by atoms with Crippen LogP contribution >= 0.6 is 0 Å². The molecule has 3 nitrogen and oxygen atoms in total. The van der Waals surface area contributed by atoms with Gasteiger partial charge in [-0.15, -0.1) is 0 Å². The third-order valence-electron chi connectivity index (χ3n) is 4.43. The number of nitrogens with zero attached hydrogens (tertiary/aromatic N) is 1. The van der Waals surface area contributed by atoms with E-state index in [4.69, 9.17) is 0 Å². The molecule has 102 valence electrons. The molecule has 0 bridgehead atoms. The highest BCUT2D eigenvalue weighted by molar-refractivity contribution is 4.89. The summed E-state index contributed by atoms with van der Waals surface area (Å²) in [5.41, 5.74) is -0.153. The maximum absolute atomic E-state index is 9.47. The number of nitrogens with one attached hydrogen (secondary N) is 1. The molecule has 0 aromatic rings. The number of rotatable bonds is 5. The van der Waals surface area contributed by atoms with Gasteiger partial charge in [0.1, 0.15) is 0 Å². The lowest BCUT2D eigenvalue weighted by atomic mass is 9.89. The number of piperidine rings is 1. The summed E-state index contributed by atoms with van der Waals surface area (Å²) < 4.78 is 0. The molecule has 4 unspecified atom stereocenters.